The maximum absolute atomic E-state index is 13.0. The molecule has 2 saturated heterocycles. The minimum atomic E-state index is -5.08. The molecule has 0 bridgehead atoms. The number of aliphatic carboxylic acids is 1. The first kappa shape index (κ1) is 23.1. The summed E-state index contributed by atoms with van der Waals surface area (Å²) in [5, 5.41) is 7.12. The topological polar surface area (TPSA) is 70.1 Å². The van der Waals surface area contributed by atoms with Crippen LogP contribution < -0.4 is 0 Å². The molecule has 10 heteroatoms. The van der Waals surface area contributed by atoms with Crippen molar-refractivity contribution in [1.29, 1.82) is 0 Å². The second kappa shape index (κ2) is 9.53. The Hall–Kier alpha value is -2.20. The van der Waals surface area contributed by atoms with Crippen LogP contribution in [-0.4, -0.2) is 79.4 Å². The van der Waals surface area contributed by atoms with E-state index in [1.165, 1.54) is 12.1 Å². The quantitative estimate of drug-likeness (QED) is 0.743. The van der Waals surface area contributed by atoms with E-state index >= 15 is 0 Å². The molecule has 1 atom stereocenters. The van der Waals surface area contributed by atoms with Gasteiger partial charge in [0.1, 0.15) is 5.82 Å². The third-order valence-electron chi connectivity index (χ3n) is 4.93. The highest BCUT2D eigenvalue weighted by atomic mass is 19.4. The van der Waals surface area contributed by atoms with E-state index in [-0.39, 0.29) is 17.1 Å². The van der Waals surface area contributed by atoms with Crippen molar-refractivity contribution < 1.29 is 37.0 Å². The van der Waals surface area contributed by atoms with Crippen LogP contribution in [0.15, 0.2) is 24.3 Å². The Balaban J connectivity index is 0.000000370. The molecule has 3 rings (SSSR count). The number of alkyl halides is 3. The van der Waals surface area contributed by atoms with Crippen LogP contribution in [0.4, 0.5) is 17.6 Å². The summed E-state index contributed by atoms with van der Waals surface area (Å²) in [5.74, 6) is -2.93. The number of carbonyl (C=O) groups is 2. The summed E-state index contributed by atoms with van der Waals surface area (Å²) in [6, 6.07) is 6.17. The van der Waals surface area contributed by atoms with Crippen LogP contribution in [0.2, 0.25) is 0 Å². The number of rotatable bonds is 2. The van der Waals surface area contributed by atoms with Gasteiger partial charge in [-0.3, -0.25) is 4.79 Å². The first-order chi connectivity index (χ1) is 13.5. The normalized spacial score (nSPS) is 22.7. The largest absolute Gasteiger partial charge is 0.490 e. The minimum absolute atomic E-state index is 0.0731. The molecule has 0 aromatic heterocycles. The summed E-state index contributed by atoms with van der Waals surface area (Å²) in [4.78, 5) is 25.7. The number of carboxylic acid groups (broad SMARTS) is 1. The zero-order chi connectivity index (χ0) is 21.7. The van der Waals surface area contributed by atoms with Gasteiger partial charge in [-0.25, -0.2) is 9.18 Å². The summed E-state index contributed by atoms with van der Waals surface area (Å²) in [6.45, 7) is 4.78. The standard InChI is InChI=1S/C17H23FN2O2.C2HF3O2/c1-19-7-6-17(11-19)12-20(8-9-22-13-17)16(21)10-14-2-4-15(18)5-3-14;3-2(4,5)1(6)7/h2-5H,6-13H2,1H3;(H,6,7). The SMILES string of the molecule is CN1CCC2(COCCN(C(=O)Cc3ccc(F)cc3)C2)C1.O=C(O)C(F)(F)F. The molecule has 1 amide bonds. The second-order valence-electron chi connectivity index (χ2n) is 7.46. The van der Waals surface area contributed by atoms with Gasteiger partial charge in [0.2, 0.25) is 5.91 Å². The van der Waals surface area contributed by atoms with Crippen LogP contribution in [0.25, 0.3) is 0 Å². The molecule has 29 heavy (non-hydrogen) atoms. The maximum Gasteiger partial charge on any atom is 0.490 e. The van der Waals surface area contributed by atoms with E-state index in [9.17, 15) is 22.4 Å². The predicted molar refractivity (Wildman–Crippen MR) is 95.7 cm³/mol. The fraction of sp³-hybridized carbons (Fsp3) is 0.579. The Bertz CT molecular complexity index is 711. The van der Waals surface area contributed by atoms with Gasteiger partial charge in [0.25, 0.3) is 0 Å². The third-order valence-corrected chi connectivity index (χ3v) is 4.93. The van der Waals surface area contributed by atoms with Crippen LogP contribution in [0, 0.1) is 11.2 Å². The number of hydrogen-bond acceptors (Lipinski definition) is 4. The lowest BCUT2D eigenvalue weighted by Gasteiger charge is -2.31. The van der Waals surface area contributed by atoms with Gasteiger partial charge in [0, 0.05) is 25.0 Å². The smallest absolute Gasteiger partial charge is 0.475 e. The molecule has 2 heterocycles. The van der Waals surface area contributed by atoms with Crippen molar-refractivity contribution in [2.75, 3.05) is 46.4 Å². The van der Waals surface area contributed by atoms with Crippen LogP contribution in [0.1, 0.15) is 12.0 Å². The van der Waals surface area contributed by atoms with E-state index in [1.807, 2.05) is 4.90 Å². The third kappa shape index (κ3) is 6.97. The Labute approximate surface area is 166 Å². The van der Waals surface area contributed by atoms with Crippen molar-refractivity contribution in [1.82, 2.24) is 9.80 Å². The summed E-state index contributed by atoms with van der Waals surface area (Å²) in [5.41, 5.74) is 0.929. The van der Waals surface area contributed by atoms with Crippen molar-refractivity contribution in [3.63, 3.8) is 0 Å². The molecule has 2 fully saturated rings. The van der Waals surface area contributed by atoms with Crippen LogP contribution in [0.3, 0.4) is 0 Å². The van der Waals surface area contributed by atoms with Gasteiger partial charge in [-0.15, -0.1) is 0 Å². The molecule has 1 aromatic rings. The zero-order valence-corrected chi connectivity index (χ0v) is 16.0. The Morgan fingerprint density at radius 3 is 2.31 bits per heavy atom. The Kier molecular flexibility index (Phi) is 7.59. The number of likely N-dealkylation sites (tertiary alicyclic amines) is 1. The minimum Gasteiger partial charge on any atom is -0.475 e. The summed E-state index contributed by atoms with van der Waals surface area (Å²) < 4.78 is 50.4. The van der Waals surface area contributed by atoms with Crippen molar-refractivity contribution in [2.24, 2.45) is 5.41 Å². The lowest BCUT2D eigenvalue weighted by Crippen LogP contribution is -2.43. The lowest BCUT2D eigenvalue weighted by molar-refractivity contribution is -0.192. The summed E-state index contributed by atoms with van der Waals surface area (Å²) in [6.07, 6.45) is -3.68. The highest BCUT2D eigenvalue weighted by Crippen LogP contribution is 2.32. The van der Waals surface area contributed by atoms with Crippen molar-refractivity contribution in [3.05, 3.63) is 35.6 Å². The zero-order valence-electron chi connectivity index (χ0n) is 16.0. The van der Waals surface area contributed by atoms with E-state index < -0.39 is 12.1 Å². The van der Waals surface area contributed by atoms with E-state index in [0.29, 0.717) is 19.6 Å². The molecule has 2 aliphatic rings. The van der Waals surface area contributed by atoms with Gasteiger partial charge in [0.15, 0.2) is 0 Å². The molecular weight excluding hydrogens is 396 g/mol. The molecule has 1 aromatic carbocycles. The van der Waals surface area contributed by atoms with Gasteiger partial charge < -0.3 is 19.6 Å². The number of halogens is 4. The first-order valence-corrected chi connectivity index (χ1v) is 9.09. The Morgan fingerprint density at radius 1 is 1.17 bits per heavy atom. The fourth-order valence-corrected chi connectivity index (χ4v) is 3.50. The van der Waals surface area contributed by atoms with Crippen LogP contribution in [-0.2, 0) is 20.7 Å². The fourth-order valence-electron chi connectivity index (χ4n) is 3.50. The molecule has 1 unspecified atom stereocenters. The summed E-state index contributed by atoms with van der Waals surface area (Å²) in [7, 11) is 2.12. The molecule has 162 valence electrons. The van der Waals surface area contributed by atoms with E-state index in [1.54, 1.807) is 12.1 Å². The van der Waals surface area contributed by atoms with Crippen molar-refractivity contribution >= 4 is 11.9 Å². The van der Waals surface area contributed by atoms with Gasteiger partial charge in [-0.1, -0.05) is 12.1 Å². The molecule has 2 aliphatic heterocycles. The monoisotopic (exact) mass is 420 g/mol. The average Bonchev–Trinajstić information content (AvgIpc) is 2.86. The number of amides is 1. The van der Waals surface area contributed by atoms with Gasteiger partial charge in [0.05, 0.1) is 19.6 Å². The van der Waals surface area contributed by atoms with E-state index in [4.69, 9.17) is 14.6 Å². The van der Waals surface area contributed by atoms with Gasteiger partial charge in [-0.05, 0) is 37.7 Å². The molecule has 0 radical (unpaired) electrons. The number of ether oxygens (including phenoxy) is 1. The molecule has 1 N–H and O–H groups in total. The highest BCUT2D eigenvalue weighted by Gasteiger charge is 2.41. The number of carboxylic acids is 1. The molecule has 1 spiro atoms. The number of carbonyl (C=O) groups excluding carboxylic acids is 1. The highest BCUT2D eigenvalue weighted by molar-refractivity contribution is 5.78. The maximum atomic E-state index is 13.0. The Morgan fingerprint density at radius 2 is 1.79 bits per heavy atom. The lowest BCUT2D eigenvalue weighted by atomic mass is 9.87. The van der Waals surface area contributed by atoms with Crippen LogP contribution in [0.5, 0.6) is 0 Å². The first-order valence-electron chi connectivity index (χ1n) is 9.09. The molecule has 0 aliphatic carbocycles. The van der Waals surface area contributed by atoms with Gasteiger partial charge >= 0.3 is 12.1 Å². The summed E-state index contributed by atoms with van der Waals surface area (Å²) >= 11 is 0. The average molecular weight is 420 g/mol. The van der Waals surface area contributed by atoms with Gasteiger partial charge in [-0.2, -0.15) is 13.2 Å². The van der Waals surface area contributed by atoms with E-state index in [0.717, 1.165) is 38.2 Å². The second-order valence-corrected chi connectivity index (χ2v) is 7.46. The van der Waals surface area contributed by atoms with E-state index in [2.05, 4.69) is 11.9 Å². The number of nitrogens with zero attached hydrogens (tertiary/aromatic N) is 2. The number of benzene rings is 1. The molecule has 6 nitrogen and oxygen atoms in total. The van der Waals surface area contributed by atoms with Crippen LogP contribution >= 0.6 is 0 Å². The molecular formula is C19H24F4N2O4. The van der Waals surface area contributed by atoms with Crippen molar-refractivity contribution in [3.8, 4) is 0 Å². The molecule has 0 saturated carbocycles. The number of hydrogen-bond donors (Lipinski definition) is 1. The van der Waals surface area contributed by atoms with Crippen molar-refractivity contribution in [2.45, 2.75) is 19.0 Å². The predicted octanol–water partition coefficient (Wildman–Crippen LogP) is 2.18.